The number of rotatable bonds is 8. The molecule has 0 saturated carbocycles. The van der Waals surface area contributed by atoms with E-state index in [0.717, 1.165) is 38.9 Å². The molecule has 116 valence electrons. The number of carbonyl (C=O) groups is 2. The topological polar surface area (TPSA) is 81.7 Å². The number of carbonyl (C=O) groups excluding carboxylic acids is 1. The van der Waals surface area contributed by atoms with E-state index in [0.29, 0.717) is 18.9 Å². The van der Waals surface area contributed by atoms with E-state index in [4.69, 9.17) is 5.11 Å². The van der Waals surface area contributed by atoms with Crippen LogP contribution >= 0.6 is 0 Å². The standard InChI is InChI=1S/C14H27N3O3/c1-15-10-12-6-5-9-17(11-12)14(20)16-8-4-2-3-7-13(18)19/h12,15H,2-11H2,1H3,(H,16,20)(H,18,19). The van der Waals surface area contributed by atoms with Crippen LogP contribution in [0.2, 0.25) is 0 Å². The van der Waals surface area contributed by atoms with Crippen LogP contribution in [0.15, 0.2) is 0 Å². The lowest BCUT2D eigenvalue weighted by atomic mass is 9.98. The second kappa shape index (κ2) is 9.58. The second-order valence-corrected chi connectivity index (χ2v) is 5.45. The van der Waals surface area contributed by atoms with Crippen molar-refractivity contribution in [3.05, 3.63) is 0 Å². The molecular formula is C14H27N3O3. The fraction of sp³-hybridized carbons (Fsp3) is 0.857. The number of nitrogens with zero attached hydrogens (tertiary/aromatic N) is 1. The van der Waals surface area contributed by atoms with Crippen molar-refractivity contribution >= 4 is 12.0 Å². The molecule has 0 spiro atoms. The minimum atomic E-state index is -0.752. The van der Waals surface area contributed by atoms with E-state index in [1.54, 1.807) is 0 Å². The molecule has 0 aromatic heterocycles. The Bertz CT molecular complexity index is 308. The molecule has 1 unspecified atom stereocenters. The van der Waals surface area contributed by atoms with Crippen LogP contribution in [0.4, 0.5) is 4.79 Å². The highest BCUT2D eigenvalue weighted by Gasteiger charge is 2.22. The Morgan fingerprint density at radius 1 is 1.30 bits per heavy atom. The summed E-state index contributed by atoms with van der Waals surface area (Å²) in [5.74, 6) is -0.201. The molecule has 0 aromatic rings. The quantitative estimate of drug-likeness (QED) is 0.587. The molecule has 20 heavy (non-hydrogen) atoms. The van der Waals surface area contributed by atoms with Gasteiger partial charge in [0.2, 0.25) is 0 Å². The smallest absolute Gasteiger partial charge is 0.317 e. The number of likely N-dealkylation sites (tertiary alicyclic amines) is 1. The van der Waals surface area contributed by atoms with Crippen molar-refractivity contribution in [3.63, 3.8) is 0 Å². The molecule has 1 aliphatic heterocycles. The van der Waals surface area contributed by atoms with Crippen LogP contribution in [-0.4, -0.2) is 55.2 Å². The first-order chi connectivity index (χ1) is 9.63. The fourth-order valence-corrected chi connectivity index (χ4v) is 2.59. The van der Waals surface area contributed by atoms with Crippen molar-refractivity contribution in [3.8, 4) is 0 Å². The predicted molar refractivity (Wildman–Crippen MR) is 77.7 cm³/mol. The van der Waals surface area contributed by atoms with Gasteiger partial charge in [0.05, 0.1) is 0 Å². The summed E-state index contributed by atoms with van der Waals surface area (Å²) in [5.41, 5.74) is 0. The Morgan fingerprint density at radius 3 is 2.80 bits per heavy atom. The van der Waals surface area contributed by atoms with Gasteiger partial charge in [-0.05, 0) is 45.2 Å². The van der Waals surface area contributed by atoms with Crippen LogP contribution in [0.25, 0.3) is 0 Å². The van der Waals surface area contributed by atoms with Gasteiger partial charge in [0.1, 0.15) is 0 Å². The summed E-state index contributed by atoms with van der Waals surface area (Å²) >= 11 is 0. The van der Waals surface area contributed by atoms with Crippen molar-refractivity contribution < 1.29 is 14.7 Å². The molecule has 1 heterocycles. The van der Waals surface area contributed by atoms with Crippen molar-refractivity contribution in [2.24, 2.45) is 5.92 Å². The zero-order valence-electron chi connectivity index (χ0n) is 12.4. The van der Waals surface area contributed by atoms with E-state index in [9.17, 15) is 9.59 Å². The van der Waals surface area contributed by atoms with Crippen LogP contribution in [0, 0.1) is 5.92 Å². The number of hydrogen-bond donors (Lipinski definition) is 3. The van der Waals surface area contributed by atoms with Crippen LogP contribution in [0.3, 0.4) is 0 Å². The third-order valence-electron chi connectivity index (χ3n) is 3.64. The van der Waals surface area contributed by atoms with Gasteiger partial charge in [0, 0.05) is 26.1 Å². The maximum absolute atomic E-state index is 12.0. The third kappa shape index (κ3) is 6.75. The second-order valence-electron chi connectivity index (χ2n) is 5.45. The number of carboxylic acid groups (broad SMARTS) is 1. The lowest BCUT2D eigenvalue weighted by molar-refractivity contribution is -0.137. The molecule has 1 saturated heterocycles. The SMILES string of the molecule is CNCC1CCCN(C(=O)NCCCCCC(=O)O)C1. The first kappa shape index (κ1) is 16.8. The molecule has 0 radical (unpaired) electrons. The van der Waals surface area contributed by atoms with Gasteiger partial charge in [-0.25, -0.2) is 4.79 Å². The summed E-state index contributed by atoms with van der Waals surface area (Å²) in [5, 5.41) is 14.6. The maximum atomic E-state index is 12.0. The molecule has 6 heteroatoms. The minimum absolute atomic E-state index is 0.0176. The van der Waals surface area contributed by atoms with Crippen LogP contribution in [0.5, 0.6) is 0 Å². The highest BCUT2D eigenvalue weighted by atomic mass is 16.4. The van der Waals surface area contributed by atoms with Gasteiger partial charge in [-0.1, -0.05) is 6.42 Å². The van der Waals surface area contributed by atoms with Crippen molar-refractivity contribution in [1.82, 2.24) is 15.5 Å². The number of hydrogen-bond acceptors (Lipinski definition) is 3. The fourth-order valence-electron chi connectivity index (χ4n) is 2.59. The van der Waals surface area contributed by atoms with Crippen LogP contribution in [-0.2, 0) is 4.79 Å². The molecule has 3 N–H and O–H groups in total. The Morgan fingerprint density at radius 2 is 2.10 bits per heavy atom. The van der Waals surface area contributed by atoms with E-state index in [2.05, 4.69) is 10.6 Å². The molecule has 2 amide bonds. The number of aliphatic carboxylic acids is 1. The van der Waals surface area contributed by atoms with Gasteiger partial charge in [0.15, 0.2) is 0 Å². The summed E-state index contributed by atoms with van der Waals surface area (Å²) in [6.45, 7) is 3.25. The number of nitrogens with one attached hydrogen (secondary N) is 2. The largest absolute Gasteiger partial charge is 0.481 e. The van der Waals surface area contributed by atoms with Crippen LogP contribution in [0.1, 0.15) is 38.5 Å². The van der Waals surface area contributed by atoms with E-state index in [1.807, 2.05) is 11.9 Å². The lowest BCUT2D eigenvalue weighted by Gasteiger charge is -2.32. The van der Waals surface area contributed by atoms with E-state index >= 15 is 0 Å². The molecular weight excluding hydrogens is 258 g/mol. The first-order valence-electron chi connectivity index (χ1n) is 7.52. The number of piperidine rings is 1. The Kier molecular flexibility index (Phi) is 8.02. The van der Waals surface area contributed by atoms with E-state index in [-0.39, 0.29) is 12.5 Å². The van der Waals surface area contributed by atoms with Gasteiger partial charge < -0.3 is 20.6 Å². The number of amides is 2. The van der Waals surface area contributed by atoms with Gasteiger partial charge in [-0.15, -0.1) is 0 Å². The van der Waals surface area contributed by atoms with E-state index < -0.39 is 5.97 Å². The van der Waals surface area contributed by atoms with Gasteiger partial charge in [-0.2, -0.15) is 0 Å². The van der Waals surface area contributed by atoms with Crippen molar-refractivity contribution in [2.45, 2.75) is 38.5 Å². The lowest BCUT2D eigenvalue weighted by Crippen LogP contribution is -2.47. The zero-order valence-corrected chi connectivity index (χ0v) is 12.4. The van der Waals surface area contributed by atoms with Crippen molar-refractivity contribution in [1.29, 1.82) is 0 Å². The van der Waals surface area contributed by atoms with Gasteiger partial charge in [-0.3, -0.25) is 4.79 Å². The minimum Gasteiger partial charge on any atom is -0.481 e. The molecule has 1 fully saturated rings. The highest BCUT2D eigenvalue weighted by Crippen LogP contribution is 2.15. The molecule has 0 aromatic carbocycles. The average Bonchev–Trinajstić information content (AvgIpc) is 2.43. The molecule has 1 rings (SSSR count). The van der Waals surface area contributed by atoms with Crippen molar-refractivity contribution in [2.75, 3.05) is 33.2 Å². The monoisotopic (exact) mass is 285 g/mol. The average molecular weight is 285 g/mol. The number of unbranched alkanes of at least 4 members (excludes halogenated alkanes) is 2. The van der Waals surface area contributed by atoms with Crippen LogP contribution < -0.4 is 10.6 Å². The van der Waals surface area contributed by atoms with Gasteiger partial charge >= 0.3 is 12.0 Å². The normalized spacial score (nSPS) is 18.9. The summed E-state index contributed by atoms with van der Waals surface area (Å²) < 4.78 is 0. The predicted octanol–water partition coefficient (Wildman–Crippen LogP) is 1.27. The van der Waals surface area contributed by atoms with E-state index in [1.165, 1.54) is 6.42 Å². The molecule has 1 aliphatic rings. The summed E-state index contributed by atoms with van der Waals surface area (Å²) in [6.07, 6.45) is 4.82. The maximum Gasteiger partial charge on any atom is 0.317 e. The summed E-state index contributed by atoms with van der Waals surface area (Å²) in [7, 11) is 1.94. The Balaban J connectivity index is 2.11. The molecule has 0 aliphatic carbocycles. The third-order valence-corrected chi connectivity index (χ3v) is 3.64. The molecule has 6 nitrogen and oxygen atoms in total. The zero-order chi connectivity index (χ0) is 14.8. The summed E-state index contributed by atoms with van der Waals surface area (Å²) in [6, 6.07) is 0.0176. The molecule has 0 bridgehead atoms. The van der Waals surface area contributed by atoms with Gasteiger partial charge in [0.25, 0.3) is 0 Å². The first-order valence-corrected chi connectivity index (χ1v) is 7.52. The Hall–Kier alpha value is -1.30. The number of carboxylic acids is 1. The number of urea groups is 1. The summed E-state index contributed by atoms with van der Waals surface area (Å²) in [4.78, 5) is 24.2. The molecule has 1 atom stereocenters. The Labute approximate surface area is 120 Å². The highest BCUT2D eigenvalue weighted by molar-refractivity contribution is 5.74.